The monoisotopic (exact) mass is 339 g/mol. The van der Waals surface area contributed by atoms with E-state index in [4.69, 9.17) is 0 Å². The molecule has 0 fully saturated rings. The van der Waals surface area contributed by atoms with Gasteiger partial charge in [0, 0.05) is 17.8 Å². The Morgan fingerprint density at radius 1 is 1.16 bits per heavy atom. The second-order valence-electron chi connectivity index (χ2n) is 5.93. The maximum atomic E-state index is 12.9. The van der Waals surface area contributed by atoms with Gasteiger partial charge < -0.3 is 15.7 Å². The summed E-state index contributed by atoms with van der Waals surface area (Å²) in [5.41, 5.74) is -0.920. The molecule has 1 heterocycles. The summed E-state index contributed by atoms with van der Waals surface area (Å²) in [6.07, 6.45) is 1.71. The molecule has 0 aliphatic carbocycles. The van der Waals surface area contributed by atoms with Crippen molar-refractivity contribution >= 4 is 23.3 Å². The normalized spacial score (nSPS) is 19.1. The summed E-state index contributed by atoms with van der Waals surface area (Å²) in [6, 6.07) is 14.9. The predicted octanol–water partition coefficient (Wildman–Crippen LogP) is 2.80. The topological polar surface area (TPSA) is 81.7 Å². The van der Waals surface area contributed by atoms with Crippen LogP contribution in [0.15, 0.2) is 54.6 Å². The number of hydrogen-bond donors (Lipinski definition) is 3. The van der Waals surface area contributed by atoms with Crippen molar-refractivity contribution < 1.29 is 14.7 Å². The summed E-state index contributed by atoms with van der Waals surface area (Å²) in [4.78, 5) is 26.7. The number of unbranched alkanes of at least 4 members (excludes halogenated alkanes) is 1. The maximum absolute atomic E-state index is 12.9. The van der Waals surface area contributed by atoms with Crippen LogP contribution >= 0.6 is 0 Å². The lowest BCUT2D eigenvalue weighted by molar-refractivity contribution is -0.140. The number of carbonyl (C=O) groups excluding carboxylic acids is 2. The Bertz CT molecular complexity index is 778. The van der Waals surface area contributed by atoms with E-state index >= 15 is 0 Å². The van der Waals surface area contributed by atoms with Crippen molar-refractivity contribution in [3.05, 3.63) is 60.2 Å². The summed E-state index contributed by atoms with van der Waals surface area (Å²) < 4.78 is 0. The fourth-order valence-corrected chi connectivity index (χ4v) is 2.94. The average molecular weight is 339 g/mol. The van der Waals surface area contributed by atoms with Crippen molar-refractivity contribution in [1.29, 1.82) is 0 Å². The number of fused-ring (bicyclic) bond motifs is 1. The number of carbonyl (C=O) groups is 2. The molecule has 0 saturated carbocycles. The van der Waals surface area contributed by atoms with E-state index in [1.54, 1.807) is 54.6 Å². The molecule has 1 aliphatic heterocycles. The molecule has 6 heteroatoms. The molecule has 2 aromatic rings. The molecule has 1 atom stereocenters. The highest BCUT2D eigenvalue weighted by Gasteiger charge is 2.51. The number of benzene rings is 2. The Morgan fingerprint density at radius 3 is 2.56 bits per heavy atom. The van der Waals surface area contributed by atoms with E-state index in [9.17, 15) is 14.7 Å². The maximum Gasteiger partial charge on any atom is 0.329 e. The number of rotatable bonds is 5. The van der Waals surface area contributed by atoms with Crippen molar-refractivity contribution in [1.82, 2.24) is 5.32 Å². The lowest BCUT2D eigenvalue weighted by atomic mass is 9.94. The first-order valence-corrected chi connectivity index (χ1v) is 8.35. The summed E-state index contributed by atoms with van der Waals surface area (Å²) in [7, 11) is 0. The first-order valence-electron chi connectivity index (χ1n) is 8.35. The molecule has 6 nitrogen and oxygen atoms in total. The summed E-state index contributed by atoms with van der Waals surface area (Å²) in [6.45, 7) is 2.45. The van der Waals surface area contributed by atoms with Crippen LogP contribution in [0.5, 0.6) is 0 Å². The number of aliphatic hydroxyl groups is 1. The molecule has 2 aromatic carbocycles. The molecule has 25 heavy (non-hydrogen) atoms. The van der Waals surface area contributed by atoms with Gasteiger partial charge in [-0.15, -0.1) is 0 Å². The van der Waals surface area contributed by atoms with E-state index in [0.29, 0.717) is 23.5 Å². The Balaban J connectivity index is 2.09. The molecule has 130 valence electrons. The van der Waals surface area contributed by atoms with Crippen molar-refractivity contribution in [2.75, 3.05) is 16.8 Å². The zero-order valence-corrected chi connectivity index (χ0v) is 14.0. The molecule has 0 spiro atoms. The third kappa shape index (κ3) is 2.96. The van der Waals surface area contributed by atoms with Crippen LogP contribution in [0.1, 0.15) is 25.3 Å². The number of para-hydroxylation sites is 2. The minimum atomic E-state index is -2.12. The molecule has 3 amide bonds. The van der Waals surface area contributed by atoms with E-state index in [0.717, 1.165) is 17.7 Å². The molecule has 0 radical (unpaired) electrons. The average Bonchev–Trinajstić information content (AvgIpc) is 2.62. The Kier molecular flexibility index (Phi) is 4.72. The van der Waals surface area contributed by atoms with Gasteiger partial charge in [0.1, 0.15) is 0 Å². The number of amides is 3. The fourth-order valence-electron chi connectivity index (χ4n) is 2.94. The molecular formula is C19H21N3O3. The van der Waals surface area contributed by atoms with E-state index in [2.05, 4.69) is 10.6 Å². The smallest absolute Gasteiger partial charge is 0.329 e. The zero-order chi connectivity index (χ0) is 17.9. The number of anilines is 2. The molecule has 3 rings (SSSR count). The van der Waals surface area contributed by atoms with Crippen LogP contribution in [0.2, 0.25) is 0 Å². The van der Waals surface area contributed by atoms with Crippen LogP contribution in [0.25, 0.3) is 0 Å². The number of urea groups is 1. The van der Waals surface area contributed by atoms with Crippen molar-refractivity contribution in [2.45, 2.75) is 25.5 Å². The van der Waals surface area contributed by atoms with Gasteiger partial charge in [0.25, 0.3) is 11.6 Å². The van der Waals surface area contributed by atoms with E-state index < -0.39 is 17.7 Å². The Labute approximate surface area is 146 Å². The second kappa shape index (κ2) is 6.94. The van der Waals surface area contributed by atoms with Crippen molar-refractivity contribution in [3.8, 4) is 0 Å². The van der Waals surface area contributed by atoms with Gasteiger partial charge in [0.15, 0.2) is 0 Å². The van der Waals surface area contributed by atoms with Gasteiger partial charge >= 0.3 is 6.03 Å². The number of hydrogen-bond acceptors (Lipinski definition) is 3. The van der Waals surface area contributed by atoms with Gasteiger partial charge in [-0.2, -0.15) is 0 Å². The highest BCUT2D eigenvalue weighted by atomic mass is 16.3. The van der Waals surface area contributed by atoms with Crippen LogP contribution < -0.4 is 15.5 Å². The fraction of sp³-hybridized carbons (Fsp3) is 0.263. The standard InChI is InChI=1S/C19H21N3O3/c1-2-3-13-20-17(23)19(25)15-11-7-8-12-16(15)21-18(24)22(19)14-9-5-4-6-10-14/h4-12,25H,2-3,13H2,1H3,(H,20,23)(H,21,24). The van der Waals surface area contributed by atoms with Crippen LogP contribution in [0.4, 0.5) is 16.2 Å². The highest BCUT2D eigenvalue weighted by molar-refractivity contribution is 6.11. The third-order valence-corrected chi connectivity index (χ3v) is 4.22. The van der Waals surface area contributed by atoms with E-state index in [-0.39, 0.29) is 0 Å². The number of nitrogens with zero attached hydrogens (tertiary/aromatic N) is 1. The summed E-state index contributed by atoms with van der Waals surface area (Å²) >= 11 is 0. The molecule has 1 unspecified atom stereocenters. The van der Waals surface area contributed by atoms with Crippen LogP contribution in [-0.2, 0) is 10.5 Å². The molecule has 1 aliphatic rings. The molecule has 0 bridgehead atoms. The first kappa shape index (κ1) is 17.0. The zero-order valence-electron chi connectivity index (χ0n) is 14.0. The van der Waals surface area contributed by atoms with Crippen LogP contribution in [0.3, 0.4) is 0 Å². The van der Waals surface area contributed by atoms with Gasteiger partial charge in [-0.1, -0.05) is 49.7 Å². The van der Waals surface area contributed by atoms with E-state index in [1.807, 2.05) is 6.92 Å². The Morgan fingerprint density at radius 2 is 1.84 bits per heavy atom. The molecule has 0 saturated heterocycles. The number of nitrogens with one attached hydrogen (secondary N) is 2. The third-order valence-electron chi connectivity index (χ3n) is 4.22. The molecule has 0 aromatic heterocycles. The lowest BCUT2D eigenvalue weighted by Crippen LogP contribution is -2.62. The minimum Gasteiger partial charge on any atom is -0.359 e. The highest BCUT2D eigenvalue weighted by Crippen LogP contribution is 2.39. The van der Waals surface area contributed by atoms with Gasteiger partial charge in [0.2, 0.25) is 0 Å². The van der Waals surface area contributed by atoms with E-state index in [1.165, 1.54) is 0 Å². The largest absolute Gasteiger partial charge is 0.359 e. The van der Waals surface area contributed by atoms with Crippen molar-refractivity contribution in [2.24, 2.45) is 0 Å². The van der Waals surface area contributed by atoms with Crippen molar-refractivity contribution in [3.63, 3.8) is 0 Å². The SMILES string of the molecule is CCCCNC(=O)C1(O)c2ccccc2NC(=O)N1c1ccccc1. The van der Waals surface area contributed by atoms with Gasteiger partial charge in [-0.25, -0.2) is 4.79 Å². The van der Waals surface area contributed by atoms with Gasteiger partial charge in [-0.3, -0.25) is 9.69 Å². The predicted molar refractivity (Wildman–Crippen MR) is 96.2 cm³/mol. The van der Waals surface area contributed by atoms with Crippen LogP contribution in [0, 0.1) is 0 Å². The Hall–Kier alpha value is -2.86. The van der Waals surface area contributed by atoms with Gasteiger partial charge in [-0.05, 0) is 24.6 Å². The van der Waals surface area contributed by atoms with Crippen LogP contribution in [-0.4, -0.2) is 23.6 Å². The molecular weight excluding hydrogens is 318 g/mol. The summed E-state index contributed by atoms with van der Waals surface area (Å²) in [5.74, 6) is -0.618. The van der Waals surface area contributed by atoms with Gasteiger partial charge in [0.05, 0.1) is 5.69 Å². The lowest BCUT2D eigenvalue weighted by Gasteiger charge is -2.42. The quantitative estimate of drug-likeness (QED) is 0.733. The molecule has 3 N–H and O–H groups in total. The minimum absolute atomic E-state index is 0.340. The summed E-state index contributed by atoms with van der Waals surface area (Å²) in [5, 5.41) is 16.9. The first-order chi connectivity index (χ1) is 12.1. The second-order valence-corrected chi connectivity index (χ2v) is 5.93.